The van der Waals surface area contributed by atoms with Crippen LogP contribution in [0.2, 0.25) is 5.02 Å². The normalized spacial score (nSPS) is 19.5. The molecule has 1 N–H and O–H groups in total. The Morgan fingerprint density at radius 2 is 2.00 bits per heavy atom. The lowest BCUT2D eigenvalue weighted by Gasteiger charge is -2.34. The minimum Gasteiger partial charge on any atom is -0.375 e. The van der Waals surface area contributed by atoms with Crippen molar-refractivity contribution in [2.75, 3.05) is 26.0 Å². The average molecular weight is 495 g/mol. The van der Waals surface area contributed by atoms with Crippen molar-refractivity contribution < 1.29 is 22.3 Å². The van der Waals surface area contributed by atoms with Crippen LogP contribution in [0.25, 0.3) is 0 Å². The number of carbonyl (C=O) groups is 1. The van der Waals surface area contributed by atoms with Crippen LogP contribution < -0.4 is 4.72 Å². The second-order valence-corrected chi connectivity index (χ2v) is 11.2. The van der Waals surface area contributed by atoms with Gasteiger partial charge >= 0.3 is 0 Å². The van der Waals surface area contributed by atoms with Gasteiger partial charge in [0.2, 0.25) is 10.0 Å². The van der Waals surface area contributed by atoms with Gasteiger partial charge in [0.25, 0.3) is 5.91 Å². The molecular weight excluding hydrogens is 467 g/mol. The van der Waals surface area contributed by atoms with Crippen molar-refractivity contribution in [1.29, 1.82) is 0 Å². The summed E-state index contributed by atoms with van der Waals surface area (Å²) in [5, 5.41) is 0.408. The van der Waals surface area contributed by atoms with Crippen LogP contribution >= 0.6 is 11.6 Å². The second-order valence-electron chi connectivity index (χ2n) is 9.01. The molecule has 1 saturated carbocycles. The lowest BCUT2D eigenvalue weighted by molar-refractivity contribution is -0.0305. The van der Waals surface area contributed by atoms with E-state index in [1.807, 2.05) is 19.1 Å². The van der Waals surface area contributed by atoms with Crippen molar-refractivity contribution >= 4 is 27.5 Å². The minimum absolute atomic E-state index is 0.0491. The first kappa shape index (κ1) is 24.1. The summed E-state index contributed by atoms with van der Waals surface area (Å²) in [6.07, 6.45) is 3.67. The van der Waals surface area contributed by atoms with Crippen LogP contribution in [-0.4, -0.2) is 51.3 Å². The summed E-state index contributed by atoms with van der Waals surface area (Å²) in [4.78, 5) is 14.8. The van der Waals surface area contributed by atoms with Gasteiger partial charge in [-0.05, 0) is 66.1 Å². The molecule has 33 heavy (non-hydrogen) atoms. The molecule has 1 aliphatic carbocycles. The number of morpholine rings is 1. The predicted molar refractivity (Wildman–Crippen MR) is 126 cm³/mol. The molecule has 0 aromatic heterocycles. The summed E-state index contributed by atoms with van der Waals surface area (Å²) < 4.78 is 44.4. The zero-order valence-corrected chi connectivity index (χ0v) is 20.3. The van der Waals surface area contributed by atoms with Crippen molar-refractivity contribution in [3.63, 3.8) is 0 Å². The maximum Gasteiger partial charge on any atom is 0.264 e. The number of hydrogen-bond acceptors (Lipinski definition) is 5. The topological polar surface area (TPSA) is 75.7 Å². The molecular formula is C24H28ClFN2O4S. The van der Waals surface area contributed by atoms with Crippen LogP contribution in [0.4, 0.5) is 4.39 Å². The fourth-order valence-corrected chi connectivity index (χ4v) is 5.08. The molecule has 1 heterocycles. The fourth-order valence-electron chi connectivity index (χ4n) is 4.38. The van der Waals surface area contributed by atoms with Crippen molar-refractivity contribution in [3.05, 3.63) is 69.0 Å². The predicted octanol–water partition coefficient (Wildman–Crippen LogP) is 3.80. The lowest BCUT2D eigenvalue weighted by atomic mass is 9.95. The van der Waals surface area contributed by atoms with E-state index in [1.165, 1.54) is 12.1 Å². The molecule has 2 aromatic rings. The number of rotatable bonds is 7. The number of aryl methyl sites for hydroxylation is 1. The third kappa shape index (κ3) is 6.32. The molecule has 1 amide bonds. The molecule has 1 unspecified atom stereocenters. The Hall–Kier alpha value is -2.00. The SMILES string of the molecule is Cc1cc(CN2CCOC(Cc3ccc(F)cc3Cl)C2)c(C2CC2)cc1C(=O)NS(C)(=O)=O. The van der Waals surface area contributed by atoms with Crippen LogP contribution in [0.5, 0.6) is 0 Å². The van der Waals surface area contributed by atoms with Crippen molar-refractivity contribution in [1.82, 2.24) is 9.62 Å². The number of halogens is 2. The van der Waals surface area contributed by atoms with Gasteiger partial charge in [-0.25, -0.2) is 17.5 Å². The van der Waals surface area contributed by atoms with E-state index in [9.17, 15) is 17.6 Å². The molecule has 1 saturated heterocycles. The second kappa shape index (κ2) is 9.70. The van der Waals surface area contributed by atoms with Gasteiger partial charge in [0.05, 0.1) is 19.0 Å². The Kier molecular flexibility index (Phi) is 7.09. The number of sulfonamides is 1. The summed E-state index contributed by atoms with van der Waals surface area (Å²) in [5.74, 6) is -0.544. The monoisotopic (exact) mass is 494 g/mol. The highest BCUT2D eigenvalue weighted by Crippen LogP contribution is 2.43. The highest BCUT2D eigenvalue weighted by Gasteiger charge is 2.30. The van der Waals surface area contributed by atoms with Crippen LogP contribution in [0.15, 0.2) is 30.3 Å². The summed E-state index contributed by atoms with van der Waals surface area (Å²) in [6.45, 7) is 4.64. The van der Waals surface area contributed by atoms with Crippen LogP contribution in [-0.2, 0) is 27.7 Å². The molecule has 2 aliphatic rings. The molecule has 2 aromatic carbocycles. The number of nitrogens with one attached hydrogen (secondary N) is 1. The van der Waals surface area contributed by atoms with Crippen LogP contribution in [0, 0.1) is 12.7 Å². The summed E-state index contributed by atoms with van der Waals surface area (Å²) in [7, 11) is -3.63. The summed E-state index contributed by atoms with van der Waals surface area (Å²) in [6, 6.07) is 8.30. The van der Waals surface area contributed by atoms with E-state index in [1.54, 1.807) is 6.07 Å². The molecule has 0 spiro atoms. The van der Waals surface area contributed by atoms with Crippen molar-refractivity contribution in [2.24, 2.45) is 0 Å². The van der Waals surface area contributed by atoms with E-state index in [0.29, 0.717) is 36.1 Å². The average Bonchev–Trinajstić information content (AvgIpc) is 3.54. The van der Waals surface area contributed by atoms with Crippen LogP contribution in [0.3, 0.4) is 0 Å². The summed E-state index contributed by atoms with van der Waals surface area (Å²) in [5.41, 5.74) is 4.28. The van der Waals surface area contributed by atoms with E-state index in [4.69, 9.17) is 16.3 Å². The van der Waals surface area contributed by atoms with Crippen molar-refractivity contribution in [3.8, 4) is 0 Å². The highest BCUT2D eigenvalue weighted by molar-refractivity contribution is 7.89. The first-order chi connectivity index (χ1) is 15.6. The van der Waals surface area contributed by atoms with E-state index in [2.05, 4.69) is 9.62 Å². The maximum absolute atomic E-state index is 13.4. The van der Waals surface area contributed by atoms with Gasteiger partial charge in [0.15, 0.2) is 0 Å². The molecule has 0 bridgehead atoms. The first-order valence-corrected chi connectivity index (χ1v) is 13.3. The van der Waals surface area contributed by atoms with E-state index in [-0.39, 0.29) is 11.9 Å². The number of carbonyl (C=O) groups excluding carboxylic acids is 1. The molecule has 2 fully saturated rings. The van der Waals surface area contributed by atoms with E-state index < -0.39 is 15.9 Å². The molecule has 1 aliphatic heterocycles. The minimum atomic E-state index is -3.63. The number of nitrogens with zero attached hydrogens (tertiary/aromatic N) is 1. The van der Waals surface area contributed by atoms with Gasteiger partial charge < -0.3 is 4.74 Å². The Balaban J connectivity index is 1.49. The van der Waals surface area contributed by atoms with Crippen LogP contribution in [0.1, 0.15) is 51.4 Å². The Bertz CT molecular complexity index is 1170. The van der Waals surface area contributed by atoms with Crippen molar-refractivity contribution in [2.45, 2.75) is 44.8 Å². The maximum atomic E-state index is 13.4. The summed E-state index contributed by atoms with van der Waals surface area (Å²) >= 11 is 6.20. The first-order valence-electron chi connectivity index (χ1n) is 11.0. The van der Waals surface area contributed by atoms with Gasteiger partial charge in [0.1, 0.15) is 5.82 Å². The highest BCUT2D eigenvalue weighted by atomic mass is 35.5. The zero-order valence-electron chi connectivity index (χ0n) is 18.7. The fraction of sp³-hybridized carbons (Fsp3) is 0.458. The van der Waals surface area contributed by atoms with Gasteiger partial charge in [0, 0.05) is 36.6 Å². The molecule has 178 valence electrons. The molecule has 9 heteroatoms. The molecule has 1 atom stereocenters. The van der Waals surface area contributed by atoms with Gasteiger partial charge in [-0.15, -0.1) is 0 Å². The molecule has 0 radical (unpaired) electrons. The third-order valence-electron chi connectivity index (χ3n) is 6.11. The molecule has 6 nitrogen and oxygen atoms in total. The number of hydrogen-bond donors (Lipinski definition) is 1. The Labute approximate surface area is 199 Å². The zero-order chi connectivity index (χ0) is 23.8. The van der Waals surface area contributed by atoms with Gasteiger partial charge in [-0.1, -0.05) is 23.7 Å². The third-order valence-corrected chi connectivity index (χ3v) is 7.01. The number of amides is 1. The largest absolute Gasteiger partial charge is 0.375 e. The Morgan fingerprint density at radius 3 is 2.67 bits per heavy atom. The lowest BCUT2D eigenvalue weighted by Crippen LogP contribution is -2.43. The Morgan fingerprint density at radius 1 is 1.24 bits per heavy atom. The van der Waals surface area contributed by atoms with E-state index in [0.717, 1.165) is 54.4 Å². The van der Waals surface area contributed by atoms with E-state index >= 15 is 0 Å². The van der Waals surface area contributed by atoms with Gasteiger partial charge in [-0.2, -0.15) is 0 Å². The standard InChI is InChI=1S/C24H28ClFN2O4S/c1-15-9-18(22(16-3-4-16)12-21(15)24(29)27-33(2,30)31)13-28-7-8-32-20(14-28)10-17-5-6-19(26)11-23(17)25/h5-6,9,11-12,16,20H,3-4,7-8,10,13-14H2,1-2H3,(H,27,29). The number of benzene rings is 2. The quantitative estimate of drug-likeness (QED) is 0.633. The van der Waals surface area contributed by atoms with Gasteiger partial charge in [-0.3, -0.25) is 9.69 Å². The number of ether oxygens (including phenoxy) is 1. The smallest absolute Gasteiger partial charge is 0.264 e. The molecule has 4 rings (SSSR count).